The largest absolute Gasteiger partial charge is 0.342 e. The second-order valence-electron chi connectivity index (χ2n) is 9.55. The fraction of sp³-hybridized carbons (Fsp3) is 0.300. The Balaban J connectivity index is 1.27. The smallest absolute Gasteiger partial charge is 0.255 e. The molecule has 0 radical (unpaired) electrons. The highest BCUT2D eigenvalue weighted by atomic mass is 16.2. The second-order valence-corrected chi connectivity index (χ2v) is 9.55. The van der Waals surface area contributed by atoms with Gasteiger partial charge in [-0.1, -0.05) is 48.5 Å². The number of anilines is 2. The molecular formula is C30H34N4O3. The normalized spacial score (nSPS) is 14.7. The van der Waals surface area contributed by atoms with Gasteiger partial charge in [-0.15, -0.1) is 0 Å². The van der Waals surface area contributed by atoms with Crippen LogP contribution in [0.1, 0.15) is 41.7 Å². The van der Waals surface area contributed by atoms with E-state index in [1.807, 2.05) is 96.6 Å². The lowest BCUT2D eigenvalue weighted by atomic mass is 9.95. The minimum absolute atomic E-state index is 0.0169. The van der Waals surface area contributed by atoms with E-state index >= 15 is 0 Å². The summed E-state index contributed by atoms with van der Waals surface area (Å²) >= 11 is 0. The van der Waals surface area contributed by atoms with Crippen LogP contribution in [-0.2, 0) is 9.59 Å². The highest BCUT2D eigenvalue weighted by Gasteiger charge is 2.28. The van der Waals surface area contributed by atoms with E-state index < -0.39 is 0 Å². The Labute approximate surface area is 218 Å². The van der Waals surface area contributed by atoms with Crippen molar-refractivity contribution in [3.8, 4) is 0 Å². The van der Waals surface area contributed by atoms with Crippen LogP contribution in [0.2, 0.25) is 0 Å². The van der Waals surface area contributed by atoms with E-state index in [-0.39, 0.29) is 36.2 Å². The van der Waals surface area contributed by atoms with E-state index in [1.165, 1.54) is 0 Å². The molecule has 37 heavy (non-hydrogen) atoms. The monoisotopic (exact) mass is 498 g/mol. The van der Waals surface area contributed by atoms with Crippen LogP contribution in [0.15, 0.2) is 84.9 Å². The molecule has 0 aromatic heterocycles. The summed E-state index contributed by atoms with van der Waals surface area (Å²) in [5, 5.41) is 5.92. The van der Waals surface area contributed by atoms with Gasteiger partial charge in [-0.2, -0.15) is 0 Å². The third kappa shape index (κ3) is 7.05. The molecule has 0 bridgehead atoms. The topological polar surface area (TPSA) is 81.8 Å². The van der Waals surface area contributed by atoms with Crippen molar-refractivity contribution in [1.29, 1.82) is 0 Å². The lowest BCUT2D eigenvalue weighted by Gasteiger charge is -2.33. The molecule has 1 saturated heterocycles. The molecule has 3 aromatic rings. The number of carbonyl (C=O) groups excluding carboxylic acids is 3. The number of para-hydroxylation sites is 1. The molecule has 0 aliphatic carbocycles. The minimum atomic E-state index is -0.158. The number of piperidine rings is 1. The third-order valence-corrected chi connectivity index (χ3v) is 6.97. The van der Waals surface area contributed by atoms with Crippen molar-refractivity contribution in [2.45, 2.75) is 25.8 Å². The van der Waals surface area contributed by atoms with E-state index in [1.54, 1.807) is 12.1 Å². The molecule has 3 amide bonds. The highest BCUT2D eigenvalue weighted by molar-refractivity contribution is 6.04. The minimum Gasteiger partial charge on any atom is -0.342 e. The Hall–Kier alpha value is -3.97. The molecule has 2 N–H and O–H groups in total. The quantitative estimate of drug-likeness (QED) is 0.467. The zero-order valence-electron chi connectivity index (χ0n) is 21.4. The van der Waals surface area contributed by atoms with Crippen molar-refractivity contribution >= 4 is 29.1 Å². The molecule has 1 aliphatic rings. The molecule has 0 unspecified atom stereocenters. The molecule has 1 fully saturated rings. The maximum atomic E-state index is 13.0. The lowest BCUT2D eigenvalue weighted by molar-refractivity contribution is -0.135. The molecule has 1 aliphatic heterocycles. The molecule has 1 heterocycles. The second kappa shape index (κ2) is 12.3. The Kier molecular flexibility index (Phi) is 8.69. The van der Waals surface area contributed by atoms with Gasteiger partial charge in [0.15, 0.2) is 0 Å². The zero-order chi connectivity index (χ0) is 26.2. The van der Waals surface area contributed by atoms with Crippen LogP contribution in [0, 0.1) is 5.92 Å². The highest BCUT2D eigenvalue weighted by Crippen LogP contribution is 2.24. The SMILES string of the molecule is C[C@H](c1cccc(NC(=O)c2ccccc2)c1)N(C)CC(=O)N1CCC(C(=O)Nc2ccccc2)CC1. The first-order valence-electron chi connectivity index (χ1n) is 12.7. The summed E-state index contributed by atoms with van der Waals surface area (Å²) < 4.78 is 0. The summed E-state index contributed by atoms with van der Waals surface area (Å²) in [5.74, 6) is -0.169. The number of hydrogen-bond acceptors (Lipinski definition) is 4. The average molecular weight is 499 g/mol. The molecule has 3 aromatic carbocycles. The maximum Gasteiger partial charge on any atom is 0.255 e. The van der Waals surface area contributed by atoms with Crippen molar-refractivity contribution < 1.29 is 14.4 Å². The van der Waals surface area contributed by atoms with Crippen LogP contribution < -0.4 is 10.6 Å². The van der Waals surface area contributed by atoms with Crippen LogP contribution in [0.3, 0.4) is 0 Å². The number of carbonyl (C=O) groups is 3. The zero-order valence-corrected chi connectivity index (χ0v) is 21.4. The Morgan fingerprint density at radius 1 is 0.865 bits per heavy atom. The van der Waals surface area contributed by atoms with E-state index in [2.05, 4.69) is 10.6 Å². The summed E-state index contributed by atoms with van der Waals surface area (Å²) in [7, 11) is 1.93. The van der Waals surface area contributed by atoms with Gasteiger partial charge in [0.1, 0.15) is 0 Å². The Morgan fingerprint density at radius 3 is 2.16 bits per heavy atom. The van der Waals surface area contributed by atoms with Crippen LogP contribution in [0.25, 0.3) is 0 Å². The van der Waals surface area contributed by atoms with Crippen molar-refractivity contribution in [2.24, 2.45) is 5.92 Å². The Bertz CT molecular complexity index is 1210. The van der Waals surface area contributed by atoms with Gasteiger partial charge in [0, 0.05) is 42.0 Å². The molecular weight excluding hydrogens is 464 g/mol. The first kappa shape index (κ1) is 26.1. The lowest BCUT2D eigenvalue weighted by Crippen LogP contribution is -2.45. The molecule has 192 valence electrons. The third-order valence-electron chi connectivity index (χ3n) is 6.97. The predicted octanol–water partition coefficient (Wildman–Crippen LogP) is 4.81. The number of nitrogens with zero attached hydrogens (tertiary/aromatic N) is 2. The fourth-order valence-electron chi connectivity index (χ4n) is 4.53. The van der Waals surface area contributed by atoms with Gasteiger partial charge in [-0.25, -0.2) is 0 Å². The van der Waals surface area contributed by atoms with Gasteiger partial charge in [0.25, 0.3) is 5.91 Å². The molecule has 1 atom stereocenters. The standard InChI is InChI=1S/C30H34N4O3/c1-22(25-12-9-15-27(20-25)32-29(36)23-10-5-3-6-11-23)33(2)21-28(35)34-18-16-24(17-19-34)30(37)31-26-13-7-4-8-14-26/h3-15,20,22,24H,16-19,21H2,1-2H3,(H,31,37)(H,32,36)/t22-/m1/s1. The fourth-order valence-corrected chi connectivity index (χ4v) is 4.53. The van der Waals surface area contributed by atoms with Crippen LogP contribution in [-0.4, -0.2) is 54.2 Å². The predicted molar refractivity (Wildman–Crippen MR) is 146 cm³/mol. The summed E-state index contributed by atoms with van der Waals surface area (Å²) in [6.45, 7) is 3.48. The van der Waals surface area contributed by atoms with E-state index in [4.69, 9.17) is 0 Å². The summed E-state index contributed by atoms with van der Waals surface area (Å²) in [4.78, 5) is 42.0. The maximum absolute atomic E-state index is 13.0. The number of amides is 3. The van der Waals surface area contributed by atoms with Gasteiger partial charge in [0.2, 0.25) is 11.8 Å². The summed E-state index contributed by atoms with van der Waals surface area (Å²) in [6.07, 6.45) is 1.32. The van der Waals surface area contributed by atoms with Gasteiger partial charge < -0.3 is 15.5 Å². The van der Waals surface area contributed by atoms with Crippen molar-refractivity contribution in [2.75, 3.05) is 37.3 Å². The van der Waals surface area contributed by atoms with Crippen LogP contribution in [0.5, 0.6) is 0 Å². The van der Waals surface area contributed by atoms with E-state index in [0.29, 0.717) is 37.2 Å². The molecule has 7 nitrogen and oxygen atoms in total. The number of benzene rings is 3. The van der Waals surface area contributed by atoms with Crippen molar-refractivity contribution in [3.05, 3.63) is 96.1 Å². The molecule has 0 spiro atoms. The number of nitrogens with one attached hydrogen (secondary N) is 2. The average Bonchev–Trinajstić information content (AvgIpc) is 2.93. The van der Waals surface area contributed by atoms with E-state index in [0.717, 1.165) is 11.3 Å². The molecule has 4 rings (SSSR count). The summed E-state index contributed by atoms with van der Waals surface area (Å²) in [6, 6.07) is 26.3. The van der Waals surface area contributed by atoms with Crippen LogP contribution in [0.4, 0.5) is 11.4 Å². The number of likely N-dealkylation sites (tertiary alicyclic amines) is 1. The van der Waals surface area contributed by atoms with Gasteiger partial charge in [0.05, 0.1) is 6.54 Å². The van der Waals surface area contributed by atoms with Gasteiger partial charge in [-0.3, -0.25) is 19.3 Å². The van der Waals surface area contributed by atoms with Gasteiger partial charge in [-0.05, 0) is 68.8 Å². The number of likely N-dealkylation sites (N-methyl/N-ethyl adjacent to an activating group) is 1. The first-order valence-corrected chi connectivity index (χ1v) is 12.7. The van der Waals surface area contributed by atoms with Crippen LogP contribution >= 0.6 is 0 Å². The Morgan fingerprint density at radius 2 is 1.49 bits per heavy atom. The first-order chi connectivity index (χ1) is 17.9. The molecule has 0 saturated carbocycles. The summed E-state index contributed by atoms with van der Waals surface area (Å²) in [5.41, 5.74) is 3.13. The number of hydrogen-bond donors (Lipinski definition) is 2. The van der Waals surface area contributed by atoms with E-state index in [9.17, 15) is 14.4 Å². The molecule has 7 heteroatoms. The number of rotatable bonds is 8. The van der Waals surface area contributed by atoms with Gasteiger partial charge >= 0.3 is 0 Å². The van der Waals surface area contributed by atoms with Crippen molar-refractivity contribution in [1.82, 2.24) is 9.80 Å². The van der Waals surface area contributed by atoms with Crippen molar-refractivity contribution in [3.63, 3.8) is 0 Å².